The molecule has 1 aromatic heterocycles. The molecule has 1 saturated carbocycles. The maximum atomic E-state index is 12.2. The molecule has 118 valence electrons. The van der Waals surface area contributed by atoms with Crippen molar-refractivity contribution in [1.29, 1.82) is 0 Å². The van der Waals surface area contributed by atoms with Gasteiger partial charge >= 0.3 is 6.61 Å². The second kappa shape index (κ2) is 7.17. The largest absolute Gasteiger partial charge is 0.433 e. The zero-order valence-corrected chi connectivity index (χ0v) is 12.4. The van der Waals surface area contributed by atoms with Crippen LogP contribution in [0.2, 0.25) is 0 Å². The first kappa shape index (κ1) is 16.2. The molecular formula is C14H19F2NO3S. The van der Waals surface area contributed by atoms with E-state index in [1.54, 1.807) is 0 Å². The van der Waals surface area contributed by atoms with Crippen LogP contribution in [-0.4, -0.2) is 29.8 Å². The molecule has 0 bridgehead atoms. The molecule has 1 amide bonds. The standard InChI is InChI=1S/C14H19F2NO3S/c15-13(16)20-10-5-8-21-11(10)12(18)17-9-14(19)6-3-1-2-4-7-14/h5,8,13,19H,1-4,6-7,9H2,(H,17,18). The number of carbonyl (C=O) groups is 1. The highest BCUT2D eigenvalue weighted by Crippen LogP contribution is 2.28. The summed E-state index contributed by atoms with van der Waals surface area (Å²) in [5, 5.41) is 14.6. The molecule has 1 fully saturated rings. The molecule has 0 unspecified atom stereocenters. The highest BCUT2D eigenvalue weighted by molar-refractivity contribution is 7.12. The number of rotatable bonds is 5. The number of carbonyl (C=O) groups excluding carboxylic acids is 1. The van der Waals surface area contributed by atoms with Gasteiger partial charge in [0.2, 0.25) is 0 Å². The zero-order valence-electron chi connectivity index (χ0n) is 11.6. The lowest BCUT2D eigenvalue weighted by molar-refractivity contribution is -0.0498. The minimum Gasteiger partial charge on any atom is -0.433 e. The maximum absolute atomic E-state index is 12.2. The van der Waals surface area contributed by atoms with Crippen LogP contribution in [0.3, 0.4) is 0 Å². The highest BCUT2D eigenvalue weighted by Gasteiger charge is 2.29. The number of amides is 1. The van der Waals surface area contributed by atoms with Crippen LogP contribution < -0.4 is 10.1 Å². The summed E-state index contributed by atoms with van der Waals surface area (Å²) >= 11 is 1.04. The Morgan fingerprint density at radius 3 is 2.67 bits per heavy atom. The molecule has 21 heavy (non-hydrogen) atoms. The van der Waals surface area contributed by atoms with E-state index in [9.17, 15) is 18.7 Å². The molecule has 2 N–H and O–H groups in total. The Hall–Kier alpha value is -1.21. The normalized spacial score (nSPS) is 18.3. The number of thiophene rings is 1. The molecule has 0 spiro atoms. The molecule has 0 saturated heterocycles. The number of hydrogen-bond acceptors (Lipinski definition) is 4. The van der Waals surface area contributed by atoms with Gasteiger partial charge in [-0.05, 0) is 24.3 Å². The average molecular weight is 319 g/mol. The molecule has 2 rings (SSSR count). The predicted octanol–water partition coefficient (Wildman–Crippen LogP) is 3.16. The van der Waals surface area contributed by atoms with Gasteiger partial charge in [-0.1, -0.05) is 25.7 Å². The molecule has 1 aliphatic carbocycles. The zero-order chi connectivity index (χ0) is 15.3. The van der Waals surface area contributed by atoms with Crippen molar-refractivity contribution in [2.24, 2.45) is 0 Å². The lowest BCUT2D eigenvalue weighted by Crippen LogP contribution is -2.42. The lowest BCUT2D eigenvalue weighted by atomic mass is 9.94. The van der Waals surface area contributed by atoms with E-state index in [-0.39, 0.29) is 17.2 Å². The van der Waals surface area contributed by atoms with Gasteiger partial charge in [0.15, 0.2) is 0 Å². The maximum Gasteiger partial charge on any atom is 0.387 e. The van der Waals surface area contributed by atoms with Gasteiger partial charge in [-0.15, -0.1) is 11.3 Å². The predicted molar refractivity (Wildman–Crippen MR) is 75.9 cm³/mol. The second-order valence-electron chi connectivity index (χ2n) is 5.31. The van der Waals surface area contributed by atoms with Crippen LogP contribution in [0.25, 0.3) is 0 Å². The van der Waals surface area contributed by atoms with E-state index in [1.165, 1.54) is 11.4 Å². The van der Waals surface area contributed by atoms with Gasteiger partial charge in [-0.25, -0.2) is 0 Å². The van der Waals surface area contributed by atoms with E-state index < -0.39 is 18.1 Å². The summed E-state index contributed by atoms with van der Waals surface area (Å²) in [6, 6.07) is 1.34. The smallest absolute Gasteiger partial charge is 0.387 e. The van der Waals surface area contributed by atoms with Crippen LogP contribution in [0.4, 0.5) is 8.78 Å². The number of hydrogen-bond donors (Lipinski definition) is 2. The first-order valence-corrected chi connectivity index (χ1v) is 7.91. The number of aliphatic hydroxyl groups is 1. The second-order valence-corrected chi connectivity index (χ2v) is 6.23. The average Bonchev–Trinajstić information content (AvgIpc) is 2.76. The molecule has 7 heteroatoms. The number of halogens is 2. The third-order valence-corrected chi connectivity index (χ3v) is 4.56. The summed E-state index contributed by atoms with van der Waals surface area (Å²) in [5.74, 6) is -0.612. The molecule has 0 radical (unpaired) electrons. The van der Waals surface area contributed by atoms with Gasteiger partial charge in [-0.2, -0.15) is 8.78 Å². The van der Waals surface area contributed by atoms with Crippen molar-refractivity contribution >= 4 is 17.2 Å². The van der Waals surface area contributed by atoms with E-state index >= 15 is 0 Å². The Bertz CT molecular complexity index is 471. The summed E-state index contributed by atoms with van der Waals surface area (Å²) in [6.45, 7) is -2.82. The van der Waals surface area contributed by atoms with E-state index in [1.807, 2.05) is 0 Å². The summed E-state index contributed by atoms with van der Waals surface area (Å²) < 4.78 is 28.8. The van der Waals surface area contributed by atoms with Gasteiger partial charge in [0.05, 0.1) is 5.60 Å². The van der Waals surface area contributed by atoms with Crippen molar-refractivity contribution < 1.29 is 23.4 Å². The van der Waals surface area contributed by atoms with Gasteiger partial charge in [0, 0.05) is 6.54 Å². The van der Waals surface area contributed by atoms with Gasteiger partial charge in [0.1, 0.15) is 10.6 Å². The van der Waals surface area contributed by atoms with Gasteiger partial charge in [0.25, 0.3) is 5.91 Å². The fourth-order valence-corrected chi connectivity index (χ4v) is 3.28. The van der Waals surface area contributed by atoms with Crippen molar-refractivity contribution in [2.45, 2.75) is 50.7 Å². The Balaban J connectivity index is 1.93. The molecular weight excluding hydrogens is 300 g/mol. The third kappa shape index (κ3) is 4.64. The minimum atomic E-state index is -2.96. The molecule has 0 atom stereocenters. The Kier molecular flexibility index (Phi) is 5.52. The van der Waals surface area contributed by atoms with E-state index in [2.05, 4.69) is 10.1 Å². The fraction of sp³-hybridized carbons (Fsp3) is 0.643. The Morgan fingerprint density at radius 2 is 2.05 bits per heavy atom. The molecule has 4 nitrogen and oxygen atoms in total. The van der Waals surface area contributed by atoms with Crippen LogP contribution >= 0.6 is 11.3 Å². The molecule has 1 heterocycles. The molecule has 0 aromatic carbocycles. The topological polar surface area (TPSA) is 58.6 Å². The summed E-state index contributed by atoms with van der Waals surface area (Å²) in [6.07, 6.45) is 5.35. The molecule has 1 aromatic rings. The van der Waals surface area contributed by atoms with Crippen LogP contribution in [0, 0.1) is 0 Å². The monoisotopic (exact) mass is 319 g/mol. The minimum absolute atomic E-state index is 0.104. The quantitative estimate of drug-likeness (QED) is 0.820. The highest BCUT2D eigenvalue weighted by atomic mass is 32.1. The third-order valence-electron chi connectivity index (χ3n) is 3.66. The first-order chi connectivity index (χ1) is 10.0. The van der Waals surface area contributed by atoms with Crippen molar-refractivity contribution in [2.75, 3.05) is 6.54 Å². The van der Waals surface area contributed by atoms with Gasteiger partial charge in [-0.3, -0.25) is 4.79 Å². The lowest BCUT2D eigenvalue weighted by Gasteiger charge is -2.26. The van der Waals surface area contributed by atoms with E-state index in [0.29, 0.717) is 12.8 Å². The summed E-state index contributed by atoms with van der Waals surface area (Å²) in [4.78, 5) is 12.1. The van der Waals surface area contributed by atoms with E-state index in [0.717, 1.165) is 37.0 Å². The van der Waals surface area contributed by atoms with Crippen LogP contribution in [0.15, 0.2) is 11.4 Å². The van der Waals surface area contributed by atoms with Gasteiger partial charge < -0.3 is 15.2 Å². The molecule has 0 aliphatic heterocycles. The van der Waals surface area contributed by atoms with E-state index in [4.69, 9.17) is 0 Å². The Morgan fingerprint density at radius 1 is 1.38 bits per heavy atom. The van der Waals surface area contributed by atoms with Crippen LogP contribution in [-0.2, 0) is 0 Å². The van der Waals surface area contributed by atoms with Crippen molar-refractivity contribution in [1.82, 2.24) is 5.32 Å². The van der Waals surface area contributed by atoms with Crippen molar-refractivity contribution in [3.05, 3.63) is 16.3 Å². The summed E-state index contributed by atoms with van der Waals surface area (Å²) in [5.41, 5.74) is -0.896. The number of ether oxygens (including phenoxy) is 1. The van der Waals surface area contributed by atoms with Crippen LogP contribution in [0.1, 0.15) is 48.2 Å². The Labute approximate surface area is 126 Å². The SMILES string of the molecule is O=C(NCC1(O)CCCCCC1)c1sccc1OC(F)F. The fourth-order valence-electron chi connectivity index (χ4n) is 2.54. The van der Waals surface area contributed by atoms with Crippen molar-refractivity contribution in [3.63, 3.8) is 0 Å². The molecule has 1 aliphatic rings. The van der Waals surface area contributed by atoms with Crippen LogP contribution in [0.5, 0.6) is 5.75 Å². The van der Waals surface area contributed by atoms with Crippen molar-refractivity contribution in [3.8, 4) is 5.75 Å². The number of nitrogens with one attached hydrogen (secondary N) is 1. The summed E-state index contributed by atoms with van der Waals surface area (Å²) in [7, 11) is 0. The first-order valence-electron chi connectivity index (χ1n) is 7.03. The number of alkyl halides is 2.